The Kier molecular flexibility index (Phi) is 9.39. The van der Waals surface area contributed by atoms with Crippen LogP contribution >= 0.6 is 0 Å². The molecule has 2 heterocycles. The van der Waals surface area contributed by atoms with Crippen molar-refractivity contribution in [2.75, 3.05) is 38.8 Å². The van der Waals surface area contributed by atoms with Crippen LogP contribution in [0.4, 0.5) is 37.7 Å². The van der Waals surface area contributed by atoms with Gasteiger partial charge >= 0.3 is 17.8 Å². The number of hydrogen-bond acceptors (Lipinski definition) is 6. The van der Waals surface area contributed by atoms with Crippen LogP contribution in [0, 0.1) is 15.9 Å². The summed E-state index contributed by atoms with van der Waals surface area (Å²) in [6.45, 7) is -0.103. The number of ether oxygens (including phenoxy) is 3. The summed E-state index contributed by atoms with van der Waals surface area (Å²) in [5, 5.41) is 10.6. The fourth-order valence-corrected chi connectivity index (χ4v) is 3.67. The van der Waals surface area contributed by atoms with E-state index in [1.165, 1.54) is 18.2 Å². The summed E-state index contributed by atoms with van der Waals surface area (Å²) in [6, 6.07) is 8.74. The average Bonchev–Trinajstić information content (AvgIpc) is 2.88. The maximum absolute atomic E-state index is 13.8. The molecule has 38 heavy (non-hydrogen) atoms. The van der Waals surface area contributed by atoms with Crippen LogP contribution in [0.15, 0.2) is 48.6 Å². The minimum atomic E-state index is -5.67. The fraction of sp³-hybridized carbons (Fsp3) is 0.360. The first kappa shape index (κ1) is 29.0. The molecule has 0 aromatic heterocycles. The van der Waals surface area contributed by atoms with Gasteiger partial charge in [-0.3, -0.25) is 10.1 Å². The van der Waals surface area contributed by atoms with Crippen molar-refractivity contribution in [3.8, 4) is 5.75 Å². The maximum atomic E-state index is 13.8. The summed E-state index contributed by atoms with van der Waals surface area (Å²) in [4.78, 5) is 9.87. The Labute approximate surface area is 213 Å². The lowest BCUT2D eigenvalue weighted by molar-refractivity contribution is -0.387. The first-order valence-corrected chi connectivity index (χ1v) is 11.4. The van der Waals surface area contributed by atoms with E-state index >= 15 is 0 Å². The molecule has 2 aromatic carbocycles. The molecule has 0 bridgehead atoms. The van der Waals surface area contributed by atoms with Gasteiger partial charge in [-0.1, -0.05) is 36.4 Å². The predicted molar refractivity (Wildman–Crippen MR) is 127 cm³/mol. The number of para-hydroxylation sites is 1. The van der Waals surface area contributed by atoms with Crippen LogP contribution in [0.2, 0.25) is 0 Å². The summed E-state index contributed by atoms with van der Waals surface area (Å²) >= 11 is 0. The first-order valence-electron chi connectivity index (χ1n) is 11.4. The molecule has 0 fully saturated rings. The standard InChI is InChI=1S/C14H14F5NO2.C11H10FNO3/c15-13(16,14(17,18)19)8-22-12-10(2-1-3-11(12)20)9-4-6-21-7-5-9;12-11-9(8-4-6-16-7-5-8)2-1-3-10(11)13(14)15/h1-4H,5-8,20H2;1-4H,5-7H2. The Balaban J connectivity index is 0.000000221. The number of hydrogen-bond donors (Lipinski definition) is 1. The molecule has 7 nitrogen and oxygen atoms in total. The lowest BCUT2D eigenvalue weighted by Gasteiger charge is -2.23. The van der Waals surface area contributed by atoms with Crippen LogP contribution in [-0.2, 0) is 9.47 Å². The van der Waals surface area contributed by atoms with Crippen LogP contribution in [0.3, 0.4) is 0 Å². The number of anilines is 1. The third-order valence-corrected chi connectivity index (χ3v) is 5.65. The van der Waals surface area contributed by atoms with Gasteiger partial charge in [0, 0.05) is 17.2 Å². The van der Waals surface area contributed by atoms with Gasteiger partial charge in [-0.15, -0.1) is 0 Å². The summed E-state index contributed by atoms with van der Waals surface area (Å²) in [5.41, 5.74) is 7.40. The normalized spacial score (nSPS) is 16.1. The molecule has 0 saturated heterocycles. The zero-order chi connectivity index (χ0) is 27.9. The topological polar surface area (TPSA) is 96.9 Å². The van der Waals surface area contributed by atoms with E-state index in [0.717, 1.165) is 11.1 Å². The highest BCUT2D eigenvalue weighted by Crippen LogP contribution is 2.39. The molecule has 0 spiro atoms. The Morgan fingerprint density at radius 2 is 1.47 bits per heavy atom. The lowest BCUT2D eigenvalue weighted by atomic mass is 10.00. The van der Waals surface area contributed by atoms with Crippen molar-refractivity contribution in [3.05, 3.63) is 75.6 Å². The zero-order valence-corrected chi connectivity index (χ0v) is 19.9. The van der Waals surface area contributed by atoms with Gasteiger partial charge in [0.15, 0.2) is 6.61 Å². The number of halogens is 6. The van der Waals surface area contributed by atoms with Gasteiger partial charge in [0.25, 0.3) is 0 Å². The van der Waals surface area contributed by atoms with E-state index in [9.17, 15) is 36.5 Å². The Morgan fingerprint density at radius 1 is 0.921 bits per heavy atom. The van der Waals surface area contributed by atoms with E-state index in [1.54, 1.807) is 30.4 Å². The van der Waals surface area contributed by atoms with Crippen LogP contribution < -0.4 is 10.5 Å². The van der Waals surface area contributed by atoms with Gasteiger partial charge in [0.1, 0.15) is 5.75 Å². The number of nitrogen functional groups attached to an aromatic ring is 1. The number of nitrogens with zero attached hydrogens (tertiary/aromatic N) is 1. The minimum absolute atomic E-state index is 0.00265. The van der Waals surface area contributed by atoms with Gasteiger partial charge in [-0.2, -0.15) is 26.3 Å². The van der Waals surface area contributed by atoms with Crippen molar-refractivity contribution >= 4 is 22.5 Å². The highest BCUT2D eigenvalue weighted by Gasteiger charge is 2.58. The molecule has 206 valence electrons. The lowest BCUT2D eigenvalue weighted by Crippen LogP contribution is -2.41. The molecular formula is C25H24F6N2O5. The summed E-state index contributed by atoms with van der Waals surface area (Å²) < 4.78 is 91.4. The largest absolute Gasteiger partial charge is 0.484 e. The molecule has 2 aliphatic rings. The van der Waals surface area contributed by atoms with Crippen LogP contribution in [0.5, 0.6) is 5.75 Å². The number of nitro groups is 1. The van der Waals surface area contributed by atoms with Gasteiger partial charge in [0.05, 0.1) is 37.0 Å². The number of nitrogens with two attached hydrogens (primary N) is 1. The molecule has 0 unspecified atom stereocenters. The van der Waals surface area contributed by atoms with Gasteiger partial charge in [-0.05, 0) is 30.1 Å². The number of rotatable bonds is 6. The molecule has 13 heteroatoms. The molecule has 2 aromatic rings. The van der Waals surface area contributed by atoms with E-state index in [1.807, 2.05) is 0 Å². The number of benzene rings is 2. The predicted octanol–water partition coefficient (Wildman–Crippen LogP) is 6.19. The van der Waals surface area contributed by atoms with Gasteiger partial charge < -0.3 is 19.9 Å². The Morgan fingerprint density at radius 3 is 2.00 bits per heavy atom. The van der Waals surface area contributed by atoms with Crippen molar-refractivity contribution in [2.45, 2.75) is 24.9 Å². The molecule has 0 atom stereocenters. The quantitative estimate of drug-likeness (QED) is 0.201. The van der Waals surface area contributed by atoms with Crippen LogP contribution in [-0.4, -0.2) is 50.1 Å². The van der Waals surface area contributed by atoms with Crippen LogP contribution in [0.1, 0.15) is 24.0 Å². The average molecular weight is 546 g/mol. The maximum Gasteiger partial charge on any atom is 0.456 e. The highest BCUT2D eigenvalue weighted by molar-refractivity contribution is 5.76. The van der Waals surface area contributed by atoms with E-state index < -0.39 is 35.1 Å². The fourth-order valence-electron chi connectivity index (χ4n) is 3.67. The van der Waals surface area contributed by atoms with Crippen molar-refractivity contribution < 1.29 is 45.5 Å². The van der Waals surface area contributed by atoms with E-state index in [0.29, 0.717) is 50.4 Å². The van der Waals surface area contributed by atoms with Crippen molar-refractivity contribution in [3.63, 3.8) is 0 Å². The Hall–Kier alpha value is -3.58. The Bertz CT molecular complexity index is 1210. The van der Waals surface area contributed by atoms with Gasteiger partial charge in [0.2, 0.25) is 5.82 Å². The molecule has 0 saturated carbocycles. The first-order chi connectivity index (χ1) is 17.9. The monoisotopic (exact) mass is 546 g/mol. The second kappa shape index (κ2) is 12.3. The summed E-state index contributed by atoms with van der Waals surface area (Å²) in [7, 11) is 0. The van der Waals surface area contributed by atoms with E-state index in [-0.39, 0.29) is 11.4 Å². The molecule has 0 radical (unpaired) electrons. The molecule has 2 aliphatic heterocycles. The van der Waals surface area contributed by atoms with Crippen molar-refractivity contribution in [1.29, 1.82) is 0 Å². The second-order valence-corrected chi connectivity index (χ2v) is 8.22. The second-order valence-electron chi connectivity index (χ2n) is 8.22. The molecule has 0 aliphatic carbocycles. The molecule has 0 amide bonds. The highest BCUT2D eigenvalue weighted by atomic mass is 19.4. The minimum Gasteiger partial charge on any atom is -0.484 e. The SMILES string of the molecule is Nc1cccc(C2=CCOCC2)c1OCC(F)(F)C(F)(F)F.O=[N+]([O-])c1cccc(C2=CCOCC2)c1F. The van der Waals surface area contributed by atoms with Crippen molar-refractivity contribution in [1.82, 2.24) is 0 Å². The van der Waals surface area contributed by atoms with Gasteiger partial charge in [-0.25, -0.2) is 0 Å². The molecule has 2 N–H and O–H groups in total. The smallest absolute Gasteiger partial charge is 0.456 e. The van der Waals surface area contributed by atoms with E-state index in [2.05, 4.69) is 0 Å². The third-order valence-electron chi connectivity index (χ3n) is 5.65. The zero-order valence-electron chi connectivity index (χ0n) is 19.9. The summed E-state index contributed by atoms with van der Waals surface area (Å²) in [5.74, 6) is -5.88. The number of nitro benzene ring substituents is 1. The third kappa shape index (κ3) is 7.04. The van der Waals surface area contributed by atoms with E-state index in [4.69, 9.17) is 19.9 Å². The number of alkyl halides is 5. The summed E-state index contributed by atoms with van der Waals surface area (Å²) in [6.07, 6.45) is -1.12. The molecular weight excluding hydrogens is 522 g/mol. The van der Waals surface area contributed by atoms with Crippen LogP contribution in [0.25, 0.3) is 11.1 Å². The molecule has 4 rings (SSSR count). The van der Waals surface area contributed by atoms with Crippen molar-refractivity contribution in [2.24, 2.45) is 0 Å².